The minimum Gasteiger partial charge on any atom is -0.463 e. The van der Waals surface area contributed by atoms with E-state index in [1.54, 1.807) is 6.92 Å². The van der Waals surface area contributed by atoms with Crippen LogP contribution >= 0.6 is 0 Å². The summed E-state index contributed by atoms with van der Waals surface area (Å²) >= 11 is 0. The van der Waals surface area contributed by atoms with Crippen molar-refractivity contribution in [1.82, 2.24) is 30.8 Å². The number of hydrogen-bond acceptors (Lipinski definition) is 6. The van der Waals surface area contributed by atoms with Gasteiger partial charge in [-0.3, -0.25) is 0 Å². The third kappa shape index (κ3) is 4.27. The van der Waals surface area contributed by atoms with E-state index >= 15 is 0 Å². The second-order valence-corrected chi connectivity index (χ2v) is 5.71. The molecule has 3 rings (SSSR count). The van der Waals surface area contributed by atoms with Gasteiger partial charge in [-0.05, 0) is 24.3 Å². The Kier molecular flexibility index (Phi) is 5.29. The molecule has 0 spiro atoms. The molecular weight excluding hydrogens is 381 g/mol. The van der Waals surface area contributed by atoms with Gasteiger partial charge in [-0.2, -0.15) is 18.0 Å². The number of allylic oxidation sites excluding steroid dienone is 1. The SMILES string of the molecule is CCOC(=O)C1=C(Cn2nnc(-c3cccc(C(F)(F)F)c3)n2)NC(=O)NC1. The summed E-state index contributed by atoms with van der Waals surface area (Å²) in [5.74, 6) is -0.632. The third-order valence-corrected chi connectivity index (χ3v) is 3.78. The first-order valence-corrected chi connectivity index (χ1v) is 8.17. The molecule has 148 valence electrons. The number of amides is 2. The molecule has 2 heterocycles. The molecule has 0 bridgehead atoms. The lowest BCUT2D eigenvalue weighted by Gasteiger charge is -2.20. The average molecular weight is 396 g/mol. The van der Waals surface area contributed by atoms with E-state index < -0.39 is 23.7 Å². The molecule has 1 aromatic heterocycles. The molecule has 28 heavy (non-hydrogen) atoms. The summed E-state index contributed by atoms with van der Waals surface area (Å²) in [5, 5.41) is 16.5. The van der Waals surface area contributed by atoms with Crippen LogP contribution in [0, 0.1) is 0 Å². The summed E-state index contributed by atoms with van der Waals surface area (Å²) in [5.41, 5.74) is -0.288. The molecule has 2 aromatic rings. The van der Waals surface area contributed by atoms with E-state index in [9.17, 15) is 22.8 Å². The first-order chi connectivity index (χ1) is 13.3. The summed E-state index contributed by atoms with van der Waals surface area (Å²) in [4.78, 5) is 24.7. The van der Waals surface area contributed by atoms with Gasteiger partial charge in [0.25, 0.3) is 0 Å². The number of aromatic nitrogens is 4. The number of benzene rings is 1. The van der Waals surface area contributed by atoms with Crippen LogP contribution in [-0.2, 0) is 22.3 Å². The van der Waals surface area contributed by atoms with Crippen LogP contribution in [0.3, 0.4) is 0 Å². The molecular formula is C16H15F3N6O3. The van der Waals surface area contributed by atoms with Gasteiger partial charge in [0.15, 0.2) is 0 Å². The molecule has 0 saturated heterocycles. The molecule has 1 aliphatic heterocycles. The number of esters is 1. The van der Waals surface area contributed by atoms with E-state index in [2.05, 4.69) is 26.0 Å². The lowest BCUT2D eigenvalue weighted by atomic mass is 10.1. The van der Waals surface area contributed by atoms with Crippen LogP contribution in [0.25, 0.3) is 11.4 Å². The molecule has 2 amide bonds. The zero-order valence-electron chi connectivity index (χ0n) is 14.6. The van der Waals surface area contributed by atoms with E-state index in [1.807, 2.05) is 0 Å². The number of carbonyl (C=O) groups excluding carboxylic acids is 2. The van der Waals surface area contributed by atoms with Crippen LogP contribution < -0.4 is 10.6 Å². The number of carbonyl (C=O) groups is 2. The summed E-state index contributed by atoms with van der Waals surface area (Å²) in [7, 11) is 0. The first-order valence-electron chi connectivity index (χ1n) is 8.17. The Morgan fingerprint density at radius 2 is 2.14 bits per heavy atom. The van der Waals surface area contributed by atoms with Gasteiger partial charge in [-0.1, -0.05) is 12.1 Å². The monoisotopic (exact) mass is 396 g/mol. The van der Waals surface area contributed by atoms with E-state index in [4.69, 9.17) is 4.74 Å². The van der Waals surface area contributed by atoms with Crippen molar-refractivity contribution in [2.75, 3.05) is 13.2 Å². The molecule has 2 N–H and O–H groups in total. The third-order valence-electron chi connectivity index (χ3n) is 3.78. The van der Waals surface area contributed by atoms with E-state index in [-0.39, 0.29) is 42.4 Å². The number of alkyl halides is 3. The molecule has 12 heteroatoms. The van der Waals surface area contributed by atoms with E-state index in [0.717, 1.165) is 16.9 Å². The van der Waals surface area contributed by atoms with Crippen LogP contribution in [0.5, 0.6) is 0 Å². The second-order valence-electron chi connectivity index (χ2n) is 5.71. The quantitative estimate of drug-likeness (QED) is 0.741. The fourth-order valence-corrected chi connectivity index (χ4v) is 2.48. The molecule has 0 aliphatic carbocycles. The maximum absolute atomic E-state index is 12.9. The van der Waals surface area contributed by atoms with Crippen molar-refractivity contribution in [3.05, 3.63) is 41.1 Å². The normalized spacial score (nSPS) is 14.5. The highest BCUT2D eigenvalue weighted by Gasteiger charge is 2.31. The van der Waals surface area contributed by atoms with Gasteiger partial charge >= 0.3 is 18.2 Å². The number of urea groups is 1. The predicted octanol–water partition coefficient (Wildman–Crippen LogP) is 1.49. The maximum Gasteiger partial charge on any atom is 0.416 e. The first kappa shape index (κ1) is 19.3. The Hall–Kier alpha value is -3.44. The molecule has 0 unspecified atom stereocenters. The van der Waals surface area contributed by atoms with Crippen molar-refractivity contribution in [3.8, 4) is 11.4 Å². The summed E-state index contributed by atoms with van der Waals surface area (Å²) < 4.78 is 43.5. The van der Waals surface area contributed by atoms with Gasteiger partial charge in [-0.25, -0.2) is 9.59 Å². The fraction of sp³-hybridized carbons (Fsp3) is 0.312. The Bertz CT molecular complexity index is 938. The van der Waals surface area contributed by atoms with Gasteiger partial charge in [0.05, 0.1) is 30.0 Å². The van der Waals surface area contributed by atoms with E-state index in [1.165, 1.54) is 12.1 Å². The van der Waals surface area contributed by atoms with Crippen LogP contribution in [0.4, 0.5) is 18.0 Å². The molecule has 0 fully saturated rings. The summed E-state index contributed by atoms with van der Waals surface area (Å²) in [6.45, 7) is 1.65. The molecule has 9 nitrogen and oxygen atoms in total. The maximum atomic E-state index is 12.9. The standard InChI is InChI=1S/C16H15F3N6O3/c1-2-28-14(26)11-7-20-15(27)21-12(11)8-25-23-13(22-24-25)9-4-3-5-10(6-9)16(17,18)19/h3-6H,2,7-8H2,1H3,(H2,20,21,27). The zero-order valence-corrected chi connectivity index (χ0v) is 14.6. The van der Waals surface area contributed by atoms with Crippen molar-refractivity contribution >= 4 is 12.0 Å². The highest BCUT2D eigenvalue weighted by molar-refractivity contribution is 5.93. The minimum absolute atomic E-state index is 0.0235. The molecule has 0 atom stereocenters. The fourth-order valence-electron chi connectivity index (χ4n) is 2.48. The number of nitrogens with zero attached hydrogens (tertiary/aromatic N) is 4. The Morgan fingerprint density at radius 3 is 2.86 bits per heavy atom. The molecule has 0 saturated carbocycles. The van der Waals surface area contributed by atoms with Crippen molar-refractivity contribution < 1.29 is 27.5 Å². The molecule has 1 aliphatic rings. The lowest BCUT2D eigenvalue weighted by molar-refractivity contribution is -0.139. The topological polar surface area (TPSA) is 111 Å². The van der Waals surface area contributed by atoms with Crippen molar-refractivity contribution in [1.29, 1.82) is 0 Å². The van der Waals surface area contributed by atoms with Gasteiger partial charge in [0, 0.05) is 5.56 Å². The number of hydrogen-bond donors (Lipinski definition) is 2. The van der Waals surface area contributed by atoms with Gasteiger partial charge in [-0.15, -0.1) is 10.2 Å². The average Bonchev–Trinajstić information content (AvgIpc) is 3.10. The lowest BCUT2D eigenvalue weighted by Crippen LogP contribution is -2.45. The number of halogens is 3. The smallest absolute Gasteiger partial charge is 0.416 e. The number of ether oxygens (including phenoxy) is 1. The van der Waals surface area contributed by atoms with Gasteiger partial charge in [0.1, 0.15) is 6.54 Å². The Labute approximate surface area is 156 Å². The van der Waals surface area contributed by atoms with Crippen LogP contribution in [0.2, 0.25) is 0 Å². The number of nitrogens with one attached hydrogen (secondary N) is 2. The second kappa shape index (κ2) is 7.66. The summed E-state index contributed by atoms with van der Waals surface area (Å²) in [6.07, 6.45) is -4.50. The van der Waals surface area contributed by atoms with Crippen LogP contribution in [0.15, 0.2) is 35.5 Å². The van der Waals surface area contributed by atoms with E-state index in [0.29, 0.717) is 0 Å². The van der Waals surface area contributed by atoms with Crippen LogP contribution in [-0.4, -0.2) is 45.4 Å². The summed E-state index contributed by atoms with van der Waals surface area (Å²) in [6, 6.07) is 4.01. The number of tetrazole rings is 1. The zero-order chi connectivity index (χ0) is 20.3. The van der Waals surface area contributed by atoms with Crippen LogP contribution in [0.1, 0.15) is 12.5 Å². The largest absolute Gasteiger partial charge is 0.463 e. The highest BCUT2D eigenvalue weighted by Crippen LogP contribution is 2.31. The Balaban J connectivity index is 1.85. The Morgan fingerprint density at radius 1 is 1.36 bits per heavy atom. The minimum atomic E-state index is -4.50. The van der Waals surface area contributed by atoms with Crippen molar-refractivity contribution in [2.24, 2.45) is 0 Å². The highest BCUT2D eigenvalue weighted by atomic mass is 19.4. The molecule has 1 aromatic carbocycles. The predicted molar refractivity (Wildman–Crippen MR) is 88.4 cm³/mol. The number of rotatable bonds is 5. The van der Waals surface area contributed by atoms with Crippen molar-refractivity contribution in [3.63, 3.8) is 0 Å². The van der Waals surface area contributed by atoms with Gasteiger partial charge in [0.2, 0.25) is 5.82 Å². The van der Waals surface area contributed by atoms with Crippen molar-refractivity contribution in [2.45, 2.75) is 19.6 Å². The molecule has 0 radical (unpaired) electrons. The van der Waals surface area contributed by atoms with Gasteiger partial charge < -0.3 is 15.4 Å².